The van der Waals surface area contributed by atoms with Crippen LogP contribution in [0.3, 0.4) is 0 Å². The normalized spacial score (nSPS) is 11.9. The summed E-state index contributed by atoms with van der Waals surface area (Å²) >= 11 is 3.26. The van der Waals surface area contributed by atoms with Crippen molar-refractivity contribution in [2.24, 2.45) is 5.10 Å². The highest BCUT2D eigenvalue weighted by Gasteiger charge is 2.11. The lowest BCUT2D eigenvalue weighted by molar-refractivity contribution is 0.584. The summed E-state index contributed by atoms with van der Waals surface area (Å²) in [4.78, 5) is 2.42. The zero-order valence-electron chi connectivity index (χ0n) is 11.0. The van der Waals surface area contributed by atoms with E-state index >= 15 is 0 Å². The zero-order valence-corrected chi connectivity index (χ0v) is 13.4. The maximum atomic E-state index is 11.8. The molecule has 0 saturated carbocycles. The summed E-state index contributed by atoms with van der Waals surface area (Å²) in [6.45, 7) is 2.15. The van der Waals surface area contributed by atoms with Gasteiger partial charge in [0, 0.05) is 10.7 Å². The Bertz CT molecular complexity index is 498. The van der Waals surface area contributed by atoms with Crippen LogP contribution in [-0.4, -0.2) is 14.6 Å². The van der Waals surface area contributed by atoms with Crippen molar-refractivity contribution in [1.29, 1.82) is 0 Å². The van der Waals surface area contributed by atoms with E-state index in [4.69, 9.17) is 0 Å². The summed E-state index contributed by atoms with van der Waals surface area (Å²) in [7, 11) is -3.54. The van der Waals surface area contributed by atoms with E-state index in [-0.39, 0.29) is 4.90 Å². The lowest BCUT2D eigenvalue weighted by Gasteiger charge is -2.03. The molecule has 0 aliphatic rings. The maximum absolute atomic E-state index is 11.8. The van der Waals surface area contributed by atoms with Gasteiger partial charge < -0.3 is 0 Å². The molecule has 0 amide bonds. The molecule has 0 unspecified atom stereocenters. The summed E-state index contributed by atoms with van der Waals surface area (Å²) in [6, 6.07) is 6.43. The van der Waals surface area contributed by atoms with Crippen molar-refractivity contribution in [1.82, 2.24) is 4.83 Å². The third-order valence-electron chi connectivity index (χ3n) is 2.57. The Balaban J connectivity index is 2.43. The van der Waals surface area contributed by atoms with Gasteiger partial charge in [0.05, 0.1) is 4.90 Å². The van der Waals surface area contributed by atoms with Crippen molar-refractivity contribution < 1.29 is 8.42 Å². The van der Waals surface area contributed by atoms with Crippen LogP contribution in [0.25, 0.3) is 0 Å². The SMILES string of the molecule is CCCCCC/C=N/NS(=O)(=O)c1ccc(Br)cc1. The van der Waals surface area contributed by atoms with Crippen LogP contribution in [-0.2, 0) is 10.0 Å². The number of nitrogens with zero attached hydrogens (tertiary/aromatic N) is 1. The van der Waals surface area contributed by atoms with Gasteiger partial charge in [-0.1, -0.05) is 42.1 Å². The van der Waals surface area contributed by atoms with Gasteiger partial charge in [0.25, 0.3) is 10.0 Å². The van der Waals surface area contributed by atoms with Crippen LogP contribution in [0.5, 0.6) is 0 Å². The average Bonchev–Trinajstić information content (AvgIpc) is 2.38. The van der Waals surface area contributed by atoms with Crippen LogP contribution in [0.4, 0.5) is 0 Å². The highest BCUT2D eigenvalue weighted by atomic mass is 79.9. The second-order valence-electron chi connectivity index (χ2n) is 4.21. The first-order chi connectivity index (χ1) is 9.06. The number of halogens is 1. The number of nitrogens with one attached hydrogen (secondary N) is 1. The maximum Gasteiger partial charge on any atom is 0.276 e. The summed E-state index contributed by atoms with van der Waals surface area (Å²) in [5.74, 6) is 0. The van der Waals surface area contributed by atoms with Gasteiger partial charge in [-0.15, -0.1) is 0 Å². The standard InChI is InChI=1S/C13H19BrN2O2S/c1-2-3-4-5-6-11-15-16-19(17,18)13-9-7-12(14)8-10-13/h7-11,16H,2-6H2,1H3/b15-11+. The molecule has 4 nitrogen and oxygen atoms in total. The monoisotopic (exact) mass is 346 g/mol. The molecule has 0 fully saturated rings. The van der Waals surface area contributed by atoms with Crippen LogP contribution >= 0.6 is 15.9 Å². The number of unbranched alkanes of at least 4 members (excludes halogenated alkanes) is 4. The lowest BCUT2D eigenvalue weighted by Crippen LogP contribution is -2.18. The number of hydrogen-bond acceptors (Lipinski definition) is 3. The van der Waals surface area contributed by atoms with E-state index in [2.05, 4.69) is 32.8 Å². The highest BCUT2D eigenvalue weighted by Crippen LogP contribution is 2.14. The molecule has 1 aromatic carbocycles. The third-order valence-corrected chi connectivity index (χ3v) is 4.34. The molecule has 19 heavy (non-hydrogen) atoms. The fourth-order valence-electron chi connectivity index (χ4n) is 1.50. The first-order valence-electron chi connectivity index (χ1n) is 6.35. The van der Waals surface area contributed by atoms with Crippen molar-refractivity contribution in [3.63, 3.8) is 0 Å². The molecular weight excluding hydrogens is 328 g/mol. The summed E-state index contributed by atoms with van der Waals surface area (Å²) in [5, 5.41) is 3.76. The first-order valence-corrected chi connectivity index (χ1v) is 8.63. The fourth-order valence-corrected chi connectivity index (χ4v) is 2.58. The van der Waals surface area contributed by atoms with Crippen molar-refractivity contribution in [3.8, 4) is 0 Å². The molecule has 0 atom stereocenters. The molecular formula is C13H19BrN2O2S. The predicted molar refractivity (Wildman–Crippen MR) is 81.7 cm³/mol. The van der Waals surface area contributed by atoms with Gasteiger partial charge >= 0.3 is 0 Å². The minimum Gasteiger partial charge on any atom is -0.200 e. The number of hydrogen-bond donors (Lipinski definition) is 1. The Morgan fingerprint density at radius 3 is 2.53 bits per heavy atom. The lowest BCUT2D eigenvalue weighted by atomic mass is 10.2. The summed E-state index contributed by atoms with van der Waals surface area (Å²) in [6.07, 6.45) is 7.00. The molecule has 106 valence electrons. The summed E-state index contributed by atoms with van der Waals surface area (Å²) < 4.78 is 24.5. The van der Waals surface area contributed by atoms with Crippen molar-refractivity contribution >= 4 is 32.2 Å². The molecule has 0 bridgehead atoms. The van der Waals surface area contributed by atoms with Gasteiger partial charge in [-0.2, -0.15) is 13.5 Å². The molecule has 0 aromatic heterocycles. The van der Waals surface area contributed by atoms with E-state index in [0.717, 1.165) is 23.7 Å². The van der Waals surface area contributed by atoms with E-state index in [1.807, 2.05) is 0 Å². The molecule has 0 aliphatic carbocycles. The number of rotatable bonds is 8. The zero-order chi connectivity index (χ0) is 14.1. The number of hydrazone groups is 1. The highest BCUT2D eigenvalue weighted by molar-refractivity contribution is 9.10. The Hall–Kier alpha value is -0.880. The van der Waals surface area contributed by atoms with Gasteiger partial charge in [0.2, 0.25) is 0 Å². The van der Waals surface area contributed by atoms with E-state index in [0.29, 0.717) is 0 Å². The van der Waals surface area contributed by atoms with Crippen LogP contribution in [0.1, 0.15) is 39.0 Å². The van der Waals surface area contributed by atoms with Crippen LogP contribution in [0, 0.1) is 0 Å². The third kappa shape index (κ3) is 6.20. The van der Waals surface area contributed by atoms with Gasteiger partial charge in [0.15, 0.2) is 0 Å². The molecule has 0 aliphatic heterocycles. The van der Waals surface area contributed by atoms with Crippen molar-refractivity contribution in [2.45, 2.75) is 43.9 Å². The molecule has 1 aromatic rings. The van der Waals surface area contributed by atoms with Gasteiger partial charge in [-0.05, 0) is 37.1 Å². The molecule has 1 rings (SSSR count). The van der Waals surface area contributed by atoms with E-state index in [1.54, 1.807) is 18.3 Å². The Kier molecular flexibility index (Phi) is 7.09. The molecule has 1 N–H and O–H groups in total. The first kappa shape index (κ1) is 16.2. The Morgan fingerprint density at radius 2 is 1.89 bits per heavy atom. The molecule has 6 heteroatoms. The van der Waals surface area contributed by atoms with Crippen LogP contribution in [0.2, 0.25) is 0 Å². The topological polar surface area (TPSA) is 58.5 Å². The molecule has 0 radical (unpaired) electrons. The minimum absolute atomic E-state index is 0.207. The second-order valence-corrected chi connectivity index (χ2v) is 6.79. The minimum atomic E-state index is -3.54. The molecule has 0 heterocycles. The van der Waals surface area contributed by atoms with Crippen LogP contribution in [0.15, 0.2) is 38.7 Å². The van der Waals surface area contributed by atoms with Gasteiger partial charge in [0.1, 0.15) is 0 Å². The Labute approximate surface area is 123 Å². The van der Waals surface area contributed by atoms with Crippen molar-refractivity contribution in [2.75, 3.05) is 0 Å². The Morgan fingerprint density at radius 1 is 1.21 bits per heavy atom. The summed E-state index contributed by atoms with van der Waals surface area (Å²) in [5.41, 5.74) is 0. The van der Waals surface area contributed by atoms with E-state index < -0.39 is 10.0 Å². The quantitative estimate of drug-likeness (QED) is 0.443. The fraction of sp³-hybridized carbons (Fsp3) is 0.462. The van der Waals surface area contributed by atoms with Gasteiger partial charge in [-0.3, -0.25) is 0 Å². The van der Waals surface area contributed by atoms with Gasteiger partial charge in [-0.25, -0.2) is 4.83 Å². The van der Waals surface area contributed by atoms with E-state index in [9.17, 15) is 8.42 Å². The van der Waals surface area contributed by atoms with Crippen LogP contribution < -0.4 is 4.83 Å². The molecule has 0 saturated heterocycles. The largest absolute Gasteiger partial charge is 0.276 e. The van der Waals surface area contributed by atoms with Crippen molar-refractivity contribution in [3.05, 3.63) is 28.7 Å². The molecule has 0 spiro atoms. The smallest absolute Gasteiger partial charge is 0.200 e. The number of sulfonamides is 1. The average molecular weight is 347 g/mol. The predicted octanol–water partition coefficient (Wildman–Crippen LogP) is 3.68. The number of benzene rings is 1. The van der Waals surface area contributed by atoms with E-state index in [1.165, 1.54) is 25.0 Å². The second kappa shape index (κ2) is 8.32.